The normalized spacial score (nSPS) is 17.0. The third kappa shape index (κ3) is 1.96. The van der Waals surface area contributed by atoms with Crippen molar-refractivity contribution in [3.05, 3.63) is 59.7 Å². The molecule has 0 N–H and O–H groups in total. The van der Waals surface area contributed by atoms with Crippen LogP contribution < -0.4 is 0 Å². The van der Waals surface area contributed by atoms with Crippen molar-refractivity contribution in [3.63, 3.8) is 0 Å². The number of carbonyl (C=O) groups is 2. The molecule has 0 radical (unpaired) electrons. The van der Waals surface area contributed by atoms with Gasteiger partial charge in [-0.3, -0.25) is 14.4 Å². The molecule has 4 nitrogen and oxygen atoms in total. The number of hydrogen-bond donors (Lipinski definition) is 0. The van der Waals surface area contributed by atoms with Crippen molar-refractivity contribution >= 4 is 11.8 Å². The lowest BCUT2D eigenvalue weighted by atomic mass is 9.98. The van der Waals surface area contributed by atoms with Crippen LogP contribution in [0.15, 0.2) is 48.5 Å². The van der Waals surface area contributed by atoms with Crippen LogP contribution in [0.2, 0.25) is 0 Å². The summed E-state index contributed by atoms with van der Waals surface area (Å²) in [7, 11) is 0. The molecule has 4 heteroatoms. The van der Waals surface area contributed by atoms with Crippen molar-refractivity contribution in [2.75, 3.05) is 6.61 Å². The minimum Gasteiger partial charge on any atom is -0.272 e. The molecule has 1 fully saturated rings. The predicted molar refractivity (Wildman–Crippen MR) is 80.8 cm³/mol. The van der Waals surface area contributed by atoms with Crippen molar-refractivity contribution < 1.29 is 14.4 Å². The lowest BCUT2D eigenvalue weighted by molar-refractivity contribution is -0.188. The summed E-state index contributed by atoms with van der Waals surface area (Å²) in [4.78, 5) is 28.9. The number of imide groups is 1. The first-order chi connectivity index (χ1) is 10.8. The fourth-order valence-electron chi connectivity index (χ4n) is 3.29. The molecule has 2 aromatic rings. The van der Waals surface area contributed by atoms with E-state index in [1.807, 2.05) is 24.3 Å². The zero-order valence-corrected chi connectivity index (χ0v) is 12.0. The molecule has 110 valence electrons. The second-order valence-corrected chi connectivity index (χ2v) is 5.60. The van der Waals surface area contributed by atoms with Crippen LogP contribution in [0, 0.1) is 0 Å². The Morgan fingerprint density at radius 1 is 0.864 bits per heavy atom. The molecule has 1 heterocycles. The molecule has 2 aromatic carbocycles. The molecule has 1 saturated heterocycles. The van der Waals surface area contributed by atoms with Crippen molar-refractivity contribution in [2.24, 2.45) is 0 Å². The Labute approximate surface area is 128 Å². The monoisotopic (exact) mass is 293 g/mol. The van der Waals surface area contributed by atoms with Crippen LogP contribution in [0.25, 0.3) is 11.1 Å². The highest BCUT2D eigenvalue weighted by molar-refractivity contribution is 6.00. The molecule has 22 heavy (non-hydrogen) atoms. The number of amides is 2. The van der Waals surface area contributed by atoms with Crippen molar-refractivity contribution in [1.29, 1.82) is 0 Å². The number of fused-ring (bicyclic) bond motifs is 3. The number of hydrogen-bond acceptors (Lipinski definition) is 3. The number of nitrogens with zero attached hydrogens (tertiary/aromatic N) is 1. The largest absolute Gasteiger partial charge is 0.272 e. The van der Waals surface area contributed by atoms with Crippen molar-refractivity contribution in [1.82, 2.24) is 5.06 Å². The SMILES string of the molecule is O=C1CCC(=O)N1OCC1c2ccccc2-c2ccccc21. The third-order valence-corrected chi connectivity index (χ3v) is 4.34. The molecular weight excluding hydrogens is 278 g/mol. The average molecular weight is 293 g/mol. The van der Waals surface area contributed by atoms with Gasteiger partial charge in [0, 0.05) is 18.8 Å². The Hall–Kier alpha value is -2.46. The molecule has 2 amide bonds. The smallest absolute Gasteiger partial charge is 0.253 e. The quantitative estimate of drug-likeness (QED) is 0.817. The van der Waals surface area contributed by atoms with E-state index in [2.05, 4.69) is 24.3 Å². The van der Waals surface area contributed by atoms with Crippen molar-refractivity contribution in [2.45, 2.75) is 18.8 Å². The predicted octanol–water partition coefficient (Wildman–Crippen LogP) is 2.88. The van der Waals surface area contributed by atoms with E-state index in [9.17, 15) is 9.59 Å². The van der Waals surface area contributed by atoms with Crippen LogP contribution in [0.5, 0.6) is 0 Å². The topological polar surface area (TPSA) is 46.6 Å². The molecule has 0 bridgehead atoms. The summed E-state index contributed by atoms with van der Waals surface area (Å²) >= 11 is 0. The molecule has 1 aliphatic carbocycles. The summed E-state index contributed by atoms with van der Waals surface area (Å²) in [6.07, 6.45) is 0.493. The summed E-state index contributed by atoms with van der Waals surface area (Å²) in [5, 5.41) is 0.934. The molecular formula is C18H15NO3. The van der Waals surface area contributed by atoms with E-state index >= 15 is 0 Å². The van der Waals surface area contributed by atoms with Gasteiger partial charge in [-0.2, -0.15) is 5.06 Å². The summed E-state index contributed by atoms with van der Waals surface area (Å²) in [6, 6.07) is 16.4. The molecule has 0 saturated carbocycles. The van der Waals surface area contributed by atoms with Gasteiger partial charge in [0.2, 0.25) is 0 Å². The summed E-state index contributed by atoms with van der Waals surface area (Å²) in [5.41, 5.74) is 4.77. The van der Waals surface area contributed by atoms with Gasteiger partial charge in [0.25, 0.3) is 11.8 Å². The minimum atomic E-state index is -0.246. The van der Waals surface area contributed by atoms with Gasteiger partial charge >= 0.3 is 0 Å². The van der Waals surface area contributed by atoms with Gasteiger partial charge in [-0.25, -0.2) is 0 Å². The van der Waals surface area contributed by atoms with Gasteiger partial charge in [0.1, 0.15) is 0 Å². The van der Waals surface area contributed by atoms with Crippen LogP contribution in [0.3, 0.4) is 0 Å². The Morgan fingerprint density at radius 3 is 1.91 bits per heavy atom. The van der Waals surface area contributed by atoms with E-state index in [1.165, 1.54) is 22.3 Å². The minimum absolute atomic E-state index is 0.0496. The first-order valence-corrected chi connectivity index (χ1v) is 7.42. The molecule has 0 unspecified atom stereocenters. The van der Waals surface area contributed by atoms with Gasteiger partial charge in [-0.1, -0.05) is 48.5 Å². The number of rotatable bonds is 3. The first kappa shape index (κ1) is 13.2. The van der Waals surface area contributed by atoms with E-state index in [1.54, 1.807) is 0 Å². The summed E-state index contributed by atoms with van der Waals surface area (Å²) in [6.45, 7) is 0.297. The van der Waals surface area contributed by atoms with Crippen LogP contribution in [0.1, 0.15) is 29.9 Å². The Balaban J connectivity index is 1.64. The van der Waals surface area contributed by atoms with Crippen LogP contribution >= 0.6 is 0 Å². The van der Waals surface area contributed by atoms with E-state index in [-0.39, 0.29) is 30.6 Å². The highest BCUT2D eigenvalue weighted by Crippen LogP contribution is 2.44. The average Bonchev–Trinajstić information content (AvgIpc) is 3.04. The maximum absolute atomic E-state index is 11.7. The van der Waals surface area contributed by atoms with E-state index in [0.29, 0.717) is 6.61 Å². The fourth-order valence-corrected chi connectivity index (χ4v) is 3.29. The van der Waals surface area contributed by atoms with Gasteiger partial charge < -0.3 is 0 Å². The van der Waals surface area contributed by atoms with Crippen molar-refractivity contribution in [3.8, 4) is 11.1 Å². The maximum atomic E-state index is 11.7. The number of benzene rings is 2. The van der Waals surface area contributed by atoms with Gasteiger partial charge in [-0.15, -0.1) is 0 Å². The second kappa shape index (κ2) is 5.07. The number of carbonyl (C=O) groups excluding carboxylic acids is 2. The van der Waals surface area contributed by atoms with Crippen LogP contribution in [-0.4, -0.2) is 23.5 Å². The van der Waals surface area contributed by atoms with Crippen LogP contribution in [0.4, 0.5) is 0 Å². The van der Waals surface area contributed by atoms with E-state index in [4.69, 9.17) is 4.84 Å². The lowest BCUT2D eigenvalue weighted by Crippen LogP contribution is -2.31. The highest BCUT2D eigenvalue weighted by atomic mass is 16.7. The standard InChI is InChI=1S/C18H15NO3/c20-17-9-10-18(21)19(17)22-11-16-14-7-3-1-5-12(14)13-6-2-4-8-15(13)16/h1-8,16H,9-11H2. The second-order valence-electron chi connectivity index (χ2n) is 5.60. The molecule has 2 aliphatic rings. The summed E-state index contributed by atoms with van der Waals surface area (Å²) in [5.74, 6) is -0.442. The van der Waals surface area contributed by atoms with Gasteiger partial charge in [0.15, 0.2) is 0 Å². The molecule has 0 aromatic heterocycles. The Morgan fingerprint density at radius 2 is 1.36 bits per heavy atom. The molecule has 1 aliphatic heterocycles. The Bertz CT molecular complexity index is 707. The molecule has 0 spiro atoms. The van der Waals surface area contributed by atoms with Gasteiger partial charge in [-0.05, 0) is 22.3 Å². The van der Waals surface area contributed by atoms with Gasteiger partial charge in [0.05, 0.1) is 6.61 Å². The van der Waals surface area contributed by atoms with E-state index in [0.717, 1.165) is 5.06 Å². The lowest BCUT2D eigenvalue weighted by Gasteiger charge is -2.18. The Kier molecular flexibility index (Phi) is 3.05. The van der Waals surface area contributed by atoms with Crippen LogP contribution in [-0.2, 0) is 14.4 Å². The third-order valence-electron chi connectivity index (χ3n) is 4.34. The molecule has 0 atom stereocenters. The zero-order valence-electron chi connectivity index (χ0n) is 12.0. The fraction of sp³-hybridized carbons (Fsp3) is 0.222. The maximum Gasteiger partial charge on any atom is 0.253 e. The number of hydroxylamine groups is 2. The summed E-state index contributed by atoms with van der Waals surface area (Å²) < 4.78 is 0. The van der Waals surface area contributed by atoms with E-state index < -0.39 is 0 Å². The highest BCUT2D eigenvalue weighted by Gasteiger charge is 2.33. The zero-order chi connectivity index (χ0) is 15.1. The molecule has 4 rings (SSSR count). The first-order valence-electron chi connectivity index (χ1n) is 7.42.